The van der Waals surface area contributed by atoms with Crippen LogP contribution in [-0.2, 0) is 4.79 Å². The van der Waals surface area contributed by atoms with Gasteiger partial charge in [0.2, 0.25) is 0 Å². The molecule has 0 aliphatic rings. The van der Waals surface area contributed by atoms with E-state index >= 15 is 0 Å². The van der Waals surface area contributed by atoms with E-state index in [1.807, 2.05) is 6.08 Å². The summed E-state index contributed by atoms with van der Waals surface area (Å²) < 4.78 is 0. The molecule has 4 heteroatoms. The van der Waals surface area contributed by atoms with E-state index in [9.17, 15) is 0 Å². The van der Waals surface area contributed by atoms with Gasteiger partial charge in [-0.2, -0.15) is 0 Å². The Balaban J connectivity index is 0. The van der Waals surface area contributed by atoms with E-state index in [4.69, 9.17) is 20.1 Å². The molecule has 94 valence electrons. The Morgan fingerprint density at radius 2 is 1.62 bits per heavy atom. The molecule has 0 aliphatic heterocycles. The van der Waals surface area contributed by atoms with Gasteiger partial charge in [0.25, 0.3) is 0 Å². The van der Waals surface area contributed by atoms with E-state index in [1.54, 1.807) is 0 Å². The number of hydrogen-bond donors (Lipinski definition) is 3. The molecule has 16 heavy (non-hydrogen) atoms. The van der Waals surface area contributed by atoms with Crippen LogP contribution >= 0.6 is 0 Å². The Labute approximate surface area is 96.9 Å². The fourth-order valence-electron chi connectivity index (χ4n) is 0.846. The molecule has 0 aromatic carbocycles. The van der Waals surface area contributed by atoms with Gasteiger partial charge in [0.15, 0.2) is 0 Å². The SMILES string of the molecule is CC(C)=CCC/C(C)=C/CO.O=C(O)CO. The molecule has 0 radical (unpaired) electrons. The zero-order chi connectivity index (χ0) is 13.0. The maximum Gasteiger partial charge on any atom is 0.329 e. The number of rotatable bonds is 5. The van der Waals surface area contributed by atoms with Crippen molar-refractivity contribution in [2.75, 3.05) is 13.2 Å². The summed E-state index contributed by atoms with van der Waals surface area (Å²) in [7, 11) is 0. The van der Waals surface area contributed by atoms with E-state index < -0.39 is 12.6 Å². The van der Waals surface area contributed by atoms with Crippen LogP contribution in [-0.4, -0.2) is 34.5 Å². The monoisotopic (exact) mass is 230 g/mol. The van der Waals surface area contributed by atoms with Crippen LogP contribution < -0.4 is 0 Å². The van der Waals surface area contributed by atoms with Crippen LogP contribution in [0.3, 0.4) is 0 Å². The highest BCUT2D eigenvalue weighted by atomic mass is 16.4. The van der Waals surface area contributed by atoms with Gasteiger partial charge in [-0.1, -0.05) is 23.3 Å². The molecule has 0 bridgehead atoms. The second-order valence-corrected chi connectivity index (χ2v) is 3.61. The zero-order valence-electron chi connectivity index (χ0n) is 10.2. The van der Waals surface area contributed by atoms with Crippen LogP contribution in [0.1, 0.15) is 33.6 Å². The number of aliphatic hydroxyl groups is 2. The zero-order valence-corrected chi connectivity index (χ0v) is 10.2. The molecule has 0 fully saturated rings. The third-order valence-electron chi connectivity index (χ3n) is 1.67. The summed E-state index contributed by atoms with van der Waals surface area (Å²) in [6.45, 7) is 5.64. The van der Waals surface area contributed by atoms with E-state index in [0.29, 0.717) is 0 Å². The normalized spacial score (nSPS) is 10.2. The topological polar surface area (TPSA) is 77.8 Å². The molecule has 3 N–H and O–H groups in total. The molecule has 0 atom stereocenters. The lowest BCUT2D eigenvalue weighted by molar-refractivity contribution is -0.140. The van der Waals surface area contributed by atoms with Crippen LogP contribution in [0.5, 0.6) is 0 Å². The second kappa shape index (κ2) is 11.9. The van der Waals surface area contributed by atoms with Gasteiger partial charge >= 0.3 is 5.97 Å². The van der Waals surface area contributed by atoms with Gasteiger partial charge in [0.05, 0.1) is 6.61 Å². The van der Waals surface area contributed by atoms with Crippen molar-refractivity contribution in [1.29, 1.82) is 0 Å². The van der Waals surface area contributed by atoms with Gasteiger partial charge in [-0.3, -0.25) is 0 Å². The van der Waals surface area contributed by atoms with E-state index in [1.165, 1.54) is 11.1 Å². The Morgan fingerprint density at radius 1 is 1.12 bits per heavy atom. The summed E-state index contributed by atoms with van der Waals surface area (Å²) in [5.74, 6) is -1.19. The quantitative estimate of drug-likeness (QED) is 0.629. The molecule has 0 amide bonds. The molecule has 0 saturated carbocycles. The van der Waals surface area contributed by atoms with Crippen molar-refractivity contribution in [2.24, 2.45) is 0 Å². The van der Waals surface area contributed by atoms with Gasteiger partial charge in [-0.15, -0.1) is 0 Å². The molecule has 0 heterocycles. The van der Waals surface area contributed by atoms with Gasteiger partial charge in [0, 0.05) is 0 Å². The molecule has 0 saturated heterocycles. The minimum absolute atomic E-state index is 0.167. The maximum atomic E-state index is 9.12. The molecule has 4 nitrogen and oxygen atoms in total. The molecule has 0 aliphatic carbocycles. The average molecular weight is 230 g/mol. The maximum absolute atomic E-state index is 9.12. The third kappa shape index (κ3) is 18.6. The minimum Gasteiger partial charge on any atom is -0.480 e. The molecule has 0 rings (SSSR count). The first kappa shape index (κ1) is 17.3. The summed E-state index contributed by atoms with van der Waals surface area (Å²) >= 11 is 0. The number of hydrogen-bond acceptors (Lipinski definition) is 3. The summed E-state index contributed by atoms with van der Waals surface area (Å²) in [5, 5.41) is 23.6. The number of carbonyl (C=O) groups is 1. The van der Waals surface area contributed by atoms with Crippen LogP contribution in [0.25, 0.3) is 0 Å². The highest BCUT2D eigenvalue weighted by molar-refractivity contribution is 5.67. The fraction of sp³-hybridized carbons (Fsp3) is 0.583. The first-order chi connectivity index (χ1) is 7.43. The second-order valence-electron chi connectivity index (χ2n) is 3.61. The fourth-order valence-corrected chi connectivity index (χ4v) is 0.846. The number of carboxylic acid groups (broad SMARTS) is 1. The number of carboxylic acids is 1. The first-order valence-electron chi connectivity index (χ1n) is 5.16. The Hall–Kier alpha value is -1.13. The van der Waals surface area contributed by atoms with Crippen molar-refractivity contribution in [3.63, 3.8) is 0 Å². The predicted octanol–water partition coefficient (Wildman–Crippen LogP) is 1.73. The molecule has 0 aromatic rings. The lowest BCUT2D eigenvalue weighted by atomic mass is 10.1. The molecule has 0 spiro atoms. The summed E-state index contributed by atoms with van der Waals surface area (Å²) in [4.78, 5) is 9.12. The largest absolute Gasteiger partial charge is 0.480 e. The summed E-state index contributed by atoms with van der Waals surface area (Å²) in [6.07, 6.45) is 6.23. The number of aliphatic hydroxyl groups excluding tert-OH is 2. The van der Waals surface area contributed by atoms with Crippen LogP contribution in [0.2, 0.25) is 0 Å². The average Bonchev–Trinajstić information content (AvgIpc) is 2.18. The Kier molecular flexibility index (Phi) is 12.9. The van der Waals surface area contributed by atoms with E-state index in [2.05, 4.69) is 26.8 Å². The Bertz CT molecular complexity index is 237. The third-order valence-corrected chi connectivity index (χ3v) is 1.67. The van der Waals surface area contributed by atoms with Crippen molar-refractivity contribution in [3.05, 3.63) is 23.3 Å². The van der Waals surface area contributed by atoms with Crippen LogP contribution in [0, 0.1) is 0 Å². The highest BCUT2D eigenvalue weighted by Crippen LogP contribution is 2.05. The van der Waals surface area contributed by atoms with Crippen LogP contribution in [0.4, 0.5) is 0 Å². The van der Waals surface area contributed by atoms with Gasteiger partial charge in [-0.05, 0) is 33.6 Å². The van der Waals surface area contributed by atoms with Crippen molar-refractivity contribution < 1.29 is 20.1 Å². The van der Waals surface area contributed by atoms with E-state index in [-0.39, 0.29) is 6.61 Å². The predicted molar refractivity (Wildman–Crippen MR) is 64.2 cm³/mol. The van der Waals surface area contributed by atoms with Crippen molar-refractivity contribution >= 4 is 5.97 Å². The lowest BCUT2D eigenvalue weighted by Crippen LogP contribution is -1.98. The highest BCUT2D eigenvalue weighted by Gasteiger charge is 1.86. The number of aliphatic carboxylic acids is 1. The Morgan fingerprint density at radius 3 is 1.94 bits per heavy atom. The summed E-state index contributed by atoms with van der Waals surface area (Å²) in [5.41, 5.74) is 2.63. The van der Waals surface area contributed by atoms with Gasteiger partial charge in [0.1, 0.15) is 6.61 Å². The first-order valence-corrected chi connectivity index (χ1v) is 5.16. The molecular formula is C12H22O4. The van der Waals surface area contributed by atoms with Gasteiger partial charge in [-0.25, -0.2) is 4.79 Å². The molecular weight excluding hydrogens is 208 g/mol. The van der Waals surface area contributed by atoms with E-state index in [0.717, 1.165) is 12.8 Å². The molecule has 0 unspecified atom stereocenters. The van der Waals surface area contributed by atoms with Crippen molar-refractivity contribution in [3.8, 4) is 0 Å². The minimum atomic E-state index is -1.19. The van der Waals surface area contributed by atoms with Gasteiger partial charge < -0.3 is 15.3 Å². The van der Waals surface area contributed by atoms with Crippen molar-refractivity contribution in [1.82, 2.24) is 0 Å². The number of allylic oxidation sites excluding steroid dienone is 3. The van der Waals surface area contributed by atoms with Crippen molar-refractivity contribution in [2.45, 2.75) is 33.6 Å². The lowest BCUT2D eigenvalue weighted by Gasteiger charge is -1.96. The smallest absolute Gasteiger partial charge is 0.329 e. The molecule has 0 aromatic heterocycles. The van der Waals surface area contributed by atoms with Crippen LogP contribution in [0.15, 0.2) is 23.3 Å². The summed E-state index contributed by atoms with van der Waals surface area (Å²) in [6, 6.07) is 0. The standard InChI is InChI=1S/C10H18O.C2H4O3/c1-9(2)5-4-6-10(3)7-8-11;3-1-2(4)5/h5,7,11H,4,6,8H2,1-3H3;3H,1H2,(H,4,5)/b10-7+;.